The summed E-state index contributed by atoms with van der Waals surface area (Å²) in [5, 5.41) is 20.6. The van der Waals surface area contributed by atoms with E-state index in [0.717, 1.165) is 62.6 Å². The minimum Gasteiger partial charge on any atom is -0.476 e. The van der Waals surface area contributed by atoms with Gasteiger partial charge in [-0.2, -0.15) is 10.2 Å². The topological polar surface area (TPSA) is 163 Å². The van der Waals surface area contributed by atoms with Crippen LogP contribution in [0.4, 0.5) is 10.8 Å². The number of hydrogen-bond acceptors (Lipinski definition) is 11. The summed E-state index contributed by atoms with van der Waals surface area (Å²) in [5.74, 6) is 0.461. The molecule has 2 aliphatic rings. The highest BCUT2D eigenvalue weighted by atomic mass is 32.1. The fourth-order valence-electron chi connectivity index (χ4n) is 5.43. The molecule has 3 heterocycles. The van der Waals surface area contributed by atoms with Crippen molar-refractivity contribution in [1.29, 1.82) is 5.26 Å². The number of allylic oxidation sites excluding steroid dienone is 2. The number of carbonyl (C=O) groups excluding carboxylic acids is 1. The molecule has 1 aliphatic heterocycles. The van der Waals surface area contributed by atoms with Crippen LogP contribution >= 0.6 is 11.3 Å². The molecule has 0 unspecified atom stereocenters. The van der Waals surface area contributed by atoms with Crippen molar-refractivity contribution >= 4 is 27.9 Å². The fourth-order valence-corrected chi connectivity index (χ4v) is 6.55. The third-order valence-corrected chi connectivity index (χ3v) is 8.44. The second kappa shape index (κ2) is 16.7. The first-order valence-corrected chi connectivity index (χ1v) is 15.2. The zero-order valence-electron chi connectivity index (χ0n) is 25.4. The van der Waals surface area contributed by atoms with E-state index in [1.807, 2.05) is 20.8 Å². The van der Waals surface area contributed by atoms with Gasteiger partial charge in [-0.15, -0.1) is 24.2 Å². The van der Waals surface area contributed by atoms with Crippen molar-refractivity contribution in [2.45, 2.75) is 83.7 Å². The normalized spacial score (nSPS) is 18.4. The summed E-state index contributed by atoms with van der Waals surface area (Å²) in [6.07, 6.45) is 14.0. The molecule has 6 N–H and O–H groups in total. The second-order valence-electron chi connectivity index (χ2n) is 10.5. The molecule has 0 aromatic carbocycles. The smallest absolute Gasteiger partial charge is 0.228 e. The minimum atomic E-state index is -0.298. The molecule has 2 aromatic rings. The standard InChI is InChI=1S/C28H39N7O2S.C2H2.CH4O/c1-5-8-19(25(30)18-10-6-11-21-24(18)20(14-29)27(31)38-21)26(36)28-33-22(32-16(2)3)13-23(34-28)37-15-17-9-7-12-35(17)4;2*1-2/h13,16-18H,5-12,15,30-31H2,1-4H3,(H,32,33,34);1-2H;2H,1H3/b25-19-;;/t17-,18-;;/m0../s1. The Bertz CT molecular complexity index is 1300. The van der Waals surface area contributed by atoms with Gasteiger partial charge in [0.2, 0.25) is 17.5 Å². The van der Waals surface area contributed by atoms with Gasteiger partial charge in [-0.1, -0.05) is 13.3 Å². The van der Waals surface area contributed by atoms with Crippen molar-refractivity contribution in [3.8, 4) is 24.8 Å². The molecule has 0 bridgehead atoms. The van der Waals surface area contributed by atoms with Crippen LogP contribution in [0.2, 0.25) is 0 Å². The lowest BCUT2D eigenvalue weighted by Crippen LogP contribution is -2.31. The van der Waals surface area contributed by atoms with Gasteiger partial charge in [0, 0.05) is 47.3 Å². The molecule has 0 amide bonds. The van der Waals surface area contributed by atoms with Crippen molar-refractivity contribution in [2.24, 2.45) is 5.73 Å². The van der Waals surface area contributed by atoms with Gasteiger partial charge < -0.3 is 31.5 Å². The van der Waals surface area contributed by atoms with Crippen molar-refractivity contribution in [3.05, 3.63) is 39.2 Å². The van der Waals surface area contributed by atoms with Crippen LogP contribution in [0.5, 0.6) is 5.88 Å². The lowest BCUT2D eigenvalue weighted by Gasteiger charge is -2.25. The number of thiophene rings is 1. The maximum atomic E-state index is 14.0. The Balaban J connectivity index is 0.00000148. The number of anilines is 2. The van der Waals surface area contributed by atoms with E-state index < -0.39 is 0 Å². The number of terminal acetylenes is 1. The third kappa shape index (κ3) is 8.22. The quantitative estimate of drug-likeness (QED) is 0.175. The average molecular weight is 596 g/mol. The van der Waals surface area contributed by atoms with Gasteiger partial charge in [-0.05, 0) is 71.5 Å². The van der Waals surface area contributed by atoms with Gasteiger partial charge in [0.25, 0.3) is 0 Å². The predicted molar refractivity (Wildman–Crippen MR) is 170 cm³/mol. The maximum absolute atomic E-state index is 14.0. The fraction of sp³-hybridized carbons (Fsp3) is 0.548. The van der Waals surface area contributed by atoms with Crippen LogP contribution in [0.1, 0.15) is 91.8 Å². The number of ketones is 1. The molecule has 11 heteroatoms. The Morgan fingerprint density at radius 2 is 2.02 bits per heavy atom. The van der Waals surface area contributed by atoms with Crippen LogP contribution in [-0.2, 0) is 6.42 Å². The number of ether oxygens (including phenoxy) is 1. The summed E-state index contributed by atoms with van der Waals surface area (Å²) in [4.78, 5) is 26.4. The van der Waals surface area contributed by atoms with Gasteiger partial charge in [0.05, 0.1) is 5.56 Å². The number of nitrogens with zero attached hydrogens (tertiary/aromatic N) is 4. The lowest BCUT2D eigenvalue weighted by molar-refractivity contribution is 0.101. The number of aromatic nitrogens is 2. The molecule has 1 aliphatic carbocycles. The number of likely N-dealkylation sites (N-methyl/N-ethyl adjacent to an activating group) is 1. The SMILES string of the molecule is C#C.CCC/C(C(=O)c1nc(NC(C)C)cc(OC[C@@H]2CCCN2C)n1)=C(/N)[C@H]1CCCc2sc(N)c(C#N)c21.CO. The largest absolute Gasteiger partial charge is 0.476 e. The van der Waals surface area contributed by atoms with Crippen molar-refractivity contribution in [3.63, 3.8) is 0 Å². The number of rotatable bonds is 10. The van der Waals surface area contributed by atoms with E-state index >= 15 is 0 Å². The Labute approximate surface area is 254 Å². The van der Waals surface area contributed by atoms with Crippen LogP contribution in [0, 0.1) is 24.2 Å². The number of nitrogens with two attached hydrogens (primary N) is 2. The highest BCUT2D eigenvalue weighted by Gasteiger charge is 2.32. The number of hydrogen-bond donors (Lipinski definition) is 4. The lowest BCUT2D eigenvalue weighted by atomic mass is 9.80. The van der Waals surface area contributed by atoms with E-state index in [-0.39, 0.29) is 23.6 Å². The first-order valence-electron chi connectivity index (χ1n) is 14.3. The molecular weight excluding hydrogens is 550 g/mol. The number of Topliss-reactive ketones (excluding diaryl/α,β-unsaturated/α-hetero) is 1. The maximum Gasteiger partial charge on any atom is 0.228 e. The number of likely N-dealkylation sites (tertiary alicyclic amines) is 1. The summed E-state index contributed by atoms with van der Waals surface area (Å²) in [6.45, 7) is 7.60. The molecule has 0 saturated carbocycles. The third-order valence-electron chi connectivity index (χ3n) is 7.34. The summed E-state index contributed by atoms with van der Waals surface area (Å²) in [7, 11) is 3.10. The number of carbonyl (C=O) groups is 1. The number of nitriles is 1. The van der Waals surface area contributed by atoms with Gasteiger partial charge in [-0.3, -0.25) is 4.79 Å². The molecular formula is C31H45N7O3S. The second-order valence-corrected chi connectivity index (χ2v) is 11.7. The number of fused-ring (bicyclic) bond motifs is 1. The van der Waals surface area contributed by atoms with Crippen molar-refractivity contribution in [1.82, 2.24) is 14.9 Å². The van der Waals surface area contributed by atoms with Crippen LogP contribution in [0.15, 0.2) is 17.3 Å². The molecule has 228 valence electrons. The van der Waals surface area contributed by atoms with Gasteiger partial charge in [0.15, 0.2) is 0 Å². The van der Waals surface area contributed by atoms with Gasteiger partial charge >= 0.3 is 0 Å². The molecule has 0 spiro atoms. The number of nitrogen functional groups attached to an aromatic ring is 1. The highest BCUT2D eigenvalue weighted by molar-refractivity contribution is 7.16. The van der Waals surface area contributed by atoms with E-state index in [1.54, 1.807) is 6.07 Å². The number of aliphatic hydroxyl groups excluding tert-OH is 1. The summed E-state index contributed by atoms with van der Waals surface area (Å²) >= 11 is 1.46. The van der Waals surface area contributed by atoms with E-state index in [0.29, 0.717) is 52.6 Å². The van der Waals surface area contributed by atoms with Crippen LogP contribution in [-0.4, -0.2) is 65.2 Å². The number of aliphatic hydroxyl groups is 1. The molecule has 2 atom stereocenters. The van der Waals surface area contributed by atoms with Gasteiger partial charge in [0.1, 0.15) is 23.5 Å². The van der Waals surface area contributed by atoms with E-state index in [2.05, 4.69) is 46.1 Å². The number of nitrogens with one attached hydrogen (secondary N) is 1. The first-order chi connectivity index (χ1) is 20.2. The minimum absolute atomic E-state index is 0.0678. The molecule has 2 aromatic heterocycles. The van der Waals surface area contributed by atoms with Crippen molar-refractivity contribution < 1.29 is 14.6 Å². The van der Waals surface area contributed by atoms with Crippen LogP contribution in [0.25, 0.3) is 0 Å². The summed E-state index contributed by atoms with van der Waals surface area (Å²) < 4.78 is 6.09. The predicted octanol–water partition coefficient (Wildman–Crippen LogP) is 4.46. The summed E-state index contributed by atoms with van der Waals surface area (Å²) in [5.41, 5.74) is 15.3. The van der Waals surface area contributed by atoms with E-state index in [4.69, 9.17) is 21.3 Å². The zero-order chi connectivity index (χ0) is 31.4. The average Bonchev–Trinajstić information content (AvgIpc) is 3.56. The molecule has 10 nitrogen and oxygen atoms in total. The monoisotopic (exact) mass is 595 g/mol. The molecule has 42 heavy (non-hydrogen) atoms. The van der Waals surface area contributed by atoms with E-state index in [1.165, 1.54) is 11.3 Å². The molecule has 4 rings (SSSR count). The van der Waals surface area contributed by atoms with Gasteiger partial charge in [-0.25, -0.2) is 4.98 Å². The first kappa shape index (κ1) is 34.6. The highest BCUT2D eigenvalue weighted by Crippen LogP contribution is 2.45. The molecule has 1 saturated heterocycles. The Morgan fingerprint density at radius 3 is 2.62 bits per heavy atom. The van der Waals surface area contributed by atoms with Crippen molar-refractivity contribution in [2.75, 3.05) is 38.4 Å². The number of aryl methyl sites for hydroxylation is 1. The molecule has 1 fully saturated rings. The Morgan fingerprint density at radius 1 is 1.31 bits per heavy atom. The Kier molecular flexibility index (Phi) is 13.8. The van der Waals surface area contributed by atoms with Crippen LogP contribution in [0.3, 0.4) is 0 Å². The zero-order valence-corrected chi connectivity index (χ0v) is 26.3. The molecule has 0 radical (unpaired) electrons. The Hall–Kier alpha value is -3.64. The van der Waals surface area contributed by atoms with Crippen LogP contribution < -0.4 is 21.5 Å². The summed E-state index contributed by atoms with van der Waals surface area (Å²) in [6, 6.07) is 4.45. The van der Waals surface area contributed by atoms with E-state index in [9.17, 15) is 10.1 Å².